The van der Waals surface area contributed by atoms with Crippen molar-refractivity contribution in [3.63, 3.8) is 0 Å². The summed E-state index contributed by atoms with van der Waals surface area (Å²) in [4.78, 5) is 10.7. The quantitative estimate of drug-likeness (QED) is 0.382. The van der Waals surface area contributed by atoms with Crippen LogP contribution in [0.1, 0.15) is 19.8 Å². The van der Waals surface area contributed by atoms with E-state index in [1.165, 1.54) is 0 Å². The van der Waals surface area contributed by atoms with E-state index in [2.05, 4.69) is 0 Å². The normalized spacial score (nSPS) is 12.7. The third kappa shape index (κ3) is 2.80. The molecule has 0 aromatic carbocycles. The third-order valence-electron chi connectivity index (χ3n) is 1.40. The van der Waals surface area contributed by atoms with Gasteiger partial charge in [-0.1, -0.05) is 13.3 Å². The van der Waals surface area contributed by atoms with E-state index in [4.69, 9.17) is 10.9 Å². The van der Waals surface area contributed by atoms with E-state index in [1.54, 1.807) is 5.48 Å². The van der Waals surface area contributed by atoms with E-state index in [9.17, 15) is 4.79 Å². The summed E-state index contributed by atoms with van der Waals surface area (Å²) in [6, 6.07) is 0. The maximum atomic E-state index is 10.7. The van der Waals surface area contributed by atoms with Crippen molar-refractivity contribution in [3.05, 3.63) is 0 Å². The number of amides is 1. The number of nitrogens with two attached hydrogens (primary N) is 1. The molecular formula is C6H14N2O2. The van der Waals surface area contributed by atoms with Crippen LogP contribution in [0.3, 0.4) is 0 Å². The van der Waals surface area contributed by atoms with E-state index in [0.717, 1.165) is 12.8 Å². The minimum Gasteiger partial charge on any atom is -0.330 e. The second-order valence-electron chi connectivity index (χ2n) is 2.20. The lowest BCUT2D eigenvalue weighted by molar-refractivity contribution is -0.133. The lowest BCUT2D eigenvalue weighted by atomic mass is 10.0. The van der Waals surface area contributed by atoms with Crippen LogP contribution in [-0.4, -0.2) is 17.7 Å². The Morgan fingerprint density at radius 1 is 1.80 bits per heavy atom. The summed E-state index contributed by atoms with van der Waals surface area (Å²) >= 11 is 0. The molecule has 0 radical (unpaired) electrons. The van der Waals surface area contributed by atoms with Gasteiger partial charge in [0.15, 0.2) is 0 Å². The van der Waals surface area contributed by atoms with Crippen LogP contribution in [0.4, 0.5) is 0 Å². The molecule has 0 aliphatic heterocycles. The first kappa shape index (κ1) is 9.39. The first-order valence-corrected chi connectivity index (χ1v) is 3.40. The maximum Gasteiger partial charge on any atom is 0.247 e. The van der Waals surface area contributed by atoms with Crippen molar-refractivity contribution in [1.29, 1.82) is 0 Å². The van der Waals surface area contributed by atoms with Gasteiger partial charge in [-0.15, -0.1) is 0 Å². The molecule has 4 N–H and O–H groups in total. The van der Waals surface area contributed by atoms with Crippen molar-refractivity contribution >= 4 is 5.91 Å². The highest BCUT2D eigenvalue weighted by Crippen LogP contribution is 2.03. The Labute approximate surface area is 60.4 Å². The third-order valence-corrected chi connectivity index (χ3v) is 1.40. The number of carbonyl (C=O) groups excluding carboxylic acids is 1. The predicted octanol–water partition coefficient (Wildman–Crippen LogP) is -0.133. The molecule has 4 nitrogen and oxygen atoms in total. The van der Waals surface area contributed by atoms with E-state index in [-0.39, 0.29) is 11.8 Å². The van der Waals surface area contributed by atoms with Crippen LogP contribution in [0.15, 0.2) is 0 Å². The van der Waals surface area contributed by atoms with Gasteiger partial charge in [0, 0.05) is 6.54 Å². The number of hydrogen-bond donors (Lipinski definition) is 3. The van der Waals surface area contributed by atoms with Crippen LogP contribution in [-0.2, 0) is 4.79 Å². The number of carbonyl (C=O) groups is 1. The van der Waals surface area contributed by atoms with Gasteiger partial charge in [0.25, 0.3) is 0 Å². The predicted molar refractivity (Wildman–Crippen MR) is 37.4 cm³/mol. The van der Waals surface area contributed by atoms with Gasteiger partial charge >= 0.3 is 0 Å². The number of rotatable bonds is 4. The zero-order valence-corrected chi connectivity index (χ0v) is 6.13. The van der Waals surface area contributed by atoms with Crippen LogP contribution < -0.4 is 11.2 Å². The van der Waals surface area contributed by atoms with Crippen LogP contribution >= 0.6 is 0 Å². The summed E-state index contributed by atoms with van der Waals surface area (Å²) < 4.78 is 0. The van der Waals surface area contributed by atoms with Gasteiger partial charge in [0.05, 0.1) is 5.92 Å². The Kier molecular flexibility index (Phi) is 4.88. The molecule has 0 aromatic heterocycles. The lowest BCUT2D eigenvalue weighted by Gasteiger charge is -2.09. The summed E-state index contributed by atoms with van der Waals surface area (Å²) in [5, 5.41) is 8.21. The molecule has 0 saturated heterocycles. The highest BCUT2D eigenvalue weighted by Gasteiger charge is 2.13. The van der Waals surface area contributed by atoms with Crippen molar-refractivity contribution < 1.29 is 10.0 Å². The summed E-state index contributed by atoms with van der Waals surface area (Å²) in [6.45, 7) is 2.26. The van der Waals surface area contributed by atoms with E-state index >= 15 is 0 Å². The van der Waals surface area contributed by atoms with E-state index < -0.39 is 0 Å². The summed E-state index contributed by atoms with van der Waals surface area (Å²) in [5.41, 5.74) is 6.85. The first-order valence-electron chi connectivity index (χ1n) is 3.40. The highest BCUT2D eigenvalue weighted by atomic mass is 16.5. The number of hydrogen-bond acceptors (Lipinski definition) is 3. The molecule has 0 bridgehead atoms. The van der Waals surface area contributed by atoms with E-state index in [1.807, 2.05) is 6.92 Å². The molecule has 0 rings (SSSR count). The average molecular weight is 146 g/mol. The van der Waals surface area contributed by atoms with Crippen LogP contribution in [0, 0.1) is 5.92 Å². The monoisotopic (exact) mass is 146 g/mol. The van der Waals surface area contributed by atoms with Crippen LogP contribution in [0.2, 0.25) is 0 Å². The van der Waals surface area contributed by atoms with Crippen molar-refractivity contribution in [2.45, 2.75) is 19.8 Å². The largest absolute Gasteiger partial charge is 0.330 e. The average Bonchev–Trinajstić information content (AvgIpc) is 1.99. The lowest BCUT2D eigenvalue weighted by Crippen LogP contribution is -2.32. The van der Waals surface area contributed by atoms with Crippen molar-refractivity contribution in [2.75, 3.05) is 6.54 Å². The van der Waals surface area contributed by atoms with Gasteiger partial charge < -0.3 is 5.73 Å². The minimum atomic E-state index is -0.385. The van der Waals surface area contributed by atoms with Gasteiger partial charge in [-0.25, -0.2) is 5.48 Å². The Morgan fingerprint density at radius 3 is 2.70 bits per heavy atom. The van der Waals surface area contributed by atoms with Gasteiger partial charge in [-0.2, -0.15) is 0 Å². The summed E-state index contributed by atoms with van der Waals surface area (Å²) in [5.74, 6) is -0.626. The number of hydroxylamine groups is 1. The van der Waals surface area contributed by atoms with Gasteiger partial charge in [0.2, 0.25) is 5.91 Å². The molecule has 0 heterocycles. The zero-order chi connectivity index (χ0) is 7.98. The van der Waals surface area contributed by atoms with Gasteiger partial charge in [-0.3, -0.25) is 10.0 Å². The Bertz CT molecular complexity index is 106. The van der Waals surface area contributed by atoms with Crippen LogP contribution in [0.5, 0.6) is 0 Å². The summed E-state index contributed by atoms with van der Waals surface area (Å²) in [6.07, 6.45) is 1.62. The minimum absolute atomic E-state index is 0.241. The molecule has 0 aliphatic carbocycles. The van der Waals surface area contributed by atoms with Crippen molar-refractivity contribution in [2.24, 2.45) is 11.7 Å². The fourth-order valence-corrected chi connectivity index (χ4v) is 0.796. The molecule has 0 aliphatic rings. The molecule has 0 spiro atoms. The Hall–Kier alpha value is -0.610. The molecule has 4 heteroatoms. The molecule has 1 atom stereocenters. The van der Waals surface area contributed by atoms with E-state index in [0.29, 0.717) is 6.54 Å². The summed E-state index contributed by atoms with van der Waals surface area (Å²) in [7, 11) is 0. The highest BCUT2D eigenvalue weighted by molar-refractivity contribution is 5.77. The molecule has 0 fully saturated rings. The molecule has 1 unspecified atom stereocenters. The molecular weight excluding hydrogens is 132 g/mol. The second kappa shape index (κ2) is 5.20. The van der Waals surface area contributed by atoms with Gasteiger partial charge in [0.1, 0.15) is 0 Å². The topological polar surface area (TPSA) is 75.4 Å². The first-order chi connectivity index (χ1) is 4.76. The smallest absolute Gasteiger partial charge is 0.247 e. The molecule has 0 aromatic rings. The fraction of sp³-hybridized carbons (Fsp3) is 0.833. The Balaban J connectivity index is 3.68. The molecule has 10 heavy (non-hydrogen) atoms. The molecule has 60 valence electrons. The van der Waals surface area contributed by atoms with Crippen LogP contribution in [0.25, 0.3) is 0 Å². The van der Waals surface area contributed by atoms with Gasteiger partial charge in [-0.05, 0) is 6.42 Å². The Morgan fingerprint density at radius 2 is 2.40 bits per heavy atom. The zero-order valence-electron chi connectivity index (χ0n) is 6.13. The van der Waals surface area contributed by atoms with Crippen molar-refractivity contribution in [3.8, 4) is 0 Å². The fourth-order valence-electron chi connectivity index (χ4n) is 0.796. The molecule has 1 amide bonds. The number of nitrogens with one attached hydrogen (secondary N) is 1. The SMILES string of the molecule is CCCC(CN)C(=O)NO. The maximum absolute atomic E-state index is 10.7. The second-order valence-corrected chi connectivity index (χ2v) is 2.20. The molecule has 0 saturated carbocycles. The standard InChI is InChI=1S/C6H14N2O2/c1-2-3-5(4-7)6(9)8-10/h5,10H,2-4,7H2,1H3,(H,8,9). The van der Waals surface area contributed by atoms with Crippen molar-refractivity contribution in [1.82, 2.24) is 5.48 Å².